The number of ether oxygens (including phenoxy) is 1. The second kappa shape index (κ2) is 6.86. The number of carbonyl (C=O) groups is 2. The Bertz CT molecular complexity index is 470. The van der Waals surface area contributed by atoms with Crippen molar-refractivity contribution in [2.75, 3.05) is 19.0 Å². The monoisotopic (exact) mass is 265 g/mol. The Balaban J connectivity index is 2.72. The van der Waals surface area contributed by atoms with Crippen molar-refractivity contribution in [3.05, 3.63) is 29.3 Å². The van der Waals surface area contributed by atoms with Gasteiger partial charge in [-0.2, -0.15) is 0 Å². The first-order valence-corrected chi connectivity index (χ1v) is 5.91. The lowest BCUT2D eigenvalue weighted by Crippen LogP contribution is -2.28. The van der Waals surface area contributed by atoms with Gasteiger partial charge in [0.1, 0.15) is 0 Å². The van der Waals surface area contributed by atoms with Crippen molar-refractivity contribution < 1.29 is 14.3 Å². The summed E-state index contributed by atoms with van der Waals surface area (Å²) in [7, 11) is 1.51. The summed E-state index contributed by atoms with van der Waals surface area (Å²) < 4.78 is 5.04. The third kappa shape index (κ3) is 4.35. The van der Waals surface area contributed by atoms with Gasteiger partial charge in [0, 0.05) is 24.9 Å². The van der Waals surface area contributed by atoms with Gasteiger partial charge in [-0.05, 0) is 30.7 Å². The van der Waals surface area contributed by atoms with Crippen LogP contribution >= 0.6 is 0 Å². The molecule has 5 N–H and O–H groups in total. The fourth-order valence-corrected chi connectivity index (χ4v) is 1.63. The van der Waals surface area contributed by atoms with Crippen molar-refractivity contribution in [2.24, 2.45) is 11.5 Å². The van der Waals surface area contributed by atoms with Gasteiger partial charge in [-0.3, -0.25) is 9.59 Å². The number of anilines is 1. The van der Waals surface area contributed by atoms with Crippen LogP contribution in [-0.2, 0) is 9.53 Å². The number of aryl methyl sites for hydroxylation is 1. The van der Waals surface area contributed by atoms with E-state index in [1.807, 2.05) is 0 Å². The van der Waals surface area contributed by atoms with Gasteiger partial charge in [0.05, 0.1) is 12.5 Å². The summed E-state index contributed by atoms with van der Waals surface area (Å²) in [5.41, 5.74) is 12.5. The number of primary amides is 1. The van der Waals surface area contributed by atoms with E-state index in [2.05, 4.69) is 5.32 Å². The Kier molecular flexibility index (Phi) is 5.47. The van der Waals surface area contributed by atoms with Crippen LogP contribution in [0.1, 0.15) is 22.3 Å². The molecule has 0 aromatic heterocycles. The Morgan fingerprint density at radius 1 is 1.42 bits per heavy atom. The quantitative estimate of drug-likeness (QED) is 0.691. The van der Waals surface area contributed by atoms with Gasteiger partial charge in [0.2, 0.25) is 11.8 Å². The first-order valence-electron chi connectivity index (χ1n) is 5.91. The van der Waals surface area contributed by atoms with E-state index in [9.17, 15) is 9.59 Å². The van der Waals surface area contributed by atoms with E-state index >= 15 is 0 Å². The van der Waals surface area contributed by atoms with Crippen LogP contribution in [0.2, 0.25) is 0 Å². The Hall–Kier alpha value is -1.92. The lowest BCUT2D eigenvalue weighted by Gasteiger charge is -2.14. The molecule has 1 aromatic carbocycles. The Morgan fingerprint density at radius 3 is 2.58 bits per heavy atom. The Labute approximate surface area is 112 Å². The number of rotatable bonds is 6. The number of hydrogen-bond donors (Lipinski definition) is 3. The number of amides is 2. The number of hydrogen-bond acceptors (Lipinski definition) is 4. The fraction of sp³-hybridized carbons (Fsp3) is 0.385. The highest BCUT2D eigenvalue weighted by atomic mass is 16.5. The van der Waals surface area contributed by atoms with Gasteiger partial charge in [-0.1, -0.05) is 0 Å². The van der Waals surface area contributed by atoms with Crippen LogP contribution in [0.3, 0.4) is 0 Å². The first kappa shape index (κ1) is 15.1. The van der Waals surface area contributed by atoms with Crippen LogP contribution in [0.5, 0.6) is 0 Å². The molecule has 1 rings (SSSR count). The topological polar surface area (TPSA) is 107 Å². The minimum Gasteiger partial charge on any atom is -0.380 e. The summed E-state index contributed by atoms with van der Waals surface area (Å²) in [5.74, 6) is -0.684. The van der Waals surface area contributed by atoms with Crippen molar-refractivity contribution in [1.82, 2.24) is 0 Å². The molecule has 1 unspecified atom stereocenters. The van der Waals surface area contributed by atoms with Crippen LogP contribution in [0.4, 0.5) is 5.69 Å². The van der Waals surface area contributed by atoms with Crippen molar-refractivity contribution >= 4 is 17.5 Å². The molecular weight excluding hydrogens is 246 g/mol. The normalized spacial score (nSPS) is 11.9. The molecule has 1 aromatic rings. The molecule has 0 saturated heterocycles. The van der Waals surface area contributed by atoms with Crippen molar-refractivity contribution in [2.45, 2.75) is 19.4 Å². The van der Waals surface area contributed by atoms with Gasteiger partial charge >= 0.3 is 0 Å². The predicted molar refractivity (Wildman–Crippen MR) is 72.8 cm³/mol. The summed E-state index contributed by atoms with van der Waals surface area (Å²) >= 11 is 0. The molecule has 104 valence electrons. The van der Waals surface area contributed by atoms with E-state index in [4.69, 9.17) is 16.2 Å². The van der Waals surface area contributed by atoms with Gasteiger partial charge < -0.3 is 21.5 Å². The third-order valence-corrected chi connectivity index (χ3v) is 2.79. The van der Waals surface area contributed by atoms with Crippen LogP contribution in [0.15, 0.2) is 18.2 Å². The highest BCUT2D eigenvalue weighted by Gasteiger charge is 2.13. The zero-order valence-corrected chi connectivity index (χ0v) is 11.1. The molecule has 0 radical (unpaired) electrons. The number of nitrogens with two attached hydrogens (primary N) is 2. The molecule has 0 fully saturated rings. The third-order valence-electron chi connectivity index (χ3n) is 2.79. The maximum atomic E-state index is 11.8. The minimum absolute atomic E-state index is 0.185. The average Bonchev–Trinajstić information content (AvgIpc) is 2.38. The summed E-state index contributed by atoms with van der Waals surface area (Å²) in [6.45, 7) is 2.07. The van der Waals surface area contributed by atoms with E-state index in [1.165, 1.54) is 7.11 Å². The largest absolute Gasteiger partial charge is 0.380 e. The van der Waals surface area contributed by atoms with Gasteiger partial charge in [-0.15, -0.1) is 0 Å². The summed E-state index contributed by atoms with van der Waals surface area (Å²) in [4.78, 5) is 22.8. The van der Waals surface area contributed by atoms with Crippen molar-refractivity contribution in [1.29, 1.82) is 0 Å². The molecule has 2 amide bonds. The zero-order chi connectivity index (χ0) is 14.4. The van der Waals surface area contributed by atoms with Gasteiger partial charge in [0.15, 0.2) is 0 Å². The van der Waals surface area contributed by atoms with E-state index in [0.717, 1.165) is 5.56 Å². The summed E-state index contributed by atoms with van der Waals surface area (Å²) in [5, 5.41) is 2.75. The molecule has 0 aliphatic rings. The molecule has 0 bridgehead atoms. The van der Waals surface area contributed by atoms with Crippen LogP contribution < -0.4 is 16.8 Å². The van der Waals surface area contributed by atoms with Crippen LogP contribution in [0.25, 0.3) is 0 Å². The lowest BCUT2D eigenvalue weighted by molar-refractivity contribution is -0.118. The number of methoxy groups -OCH3 is 1. The predicted octanol–water partition coefficient (Wildman–Crippen LogP) is 0.396. The fourth-order valence-electron chi connectivity index (χ4n) is 1.63. The second-order valence-corrected chi connectivity index (χ2v) is 4.24. The minimum atomic E-state index is -0.497. The smallest absolute Gasteiger partial charge is 0.248 e. The molecule has 1 atom stereocenters. The molecule has 0 aliphatic heterocycles. The maximum absolute atomic E-state index is 11.8. The number of carbonyl (C=O) groups excluding carboxylic acids is 2. The summed E-state index contributed by atoms with van der Waals surface area (Å²) in [6.07, 6.45) is -0.116. The molecule has 0 saturated carbocycles. The standard InChI is InChI=1S/C13H19N3O3/c1-8-5-9(13(15)18)3-4-11(8)16-12(17)6-10(7-14)19-2/h3-5,10H,6-7,14H2,1-2H3,(H2,15,18)(H,16,17). The second-order valence-electron chi connectivity index (χ2n) is 4.24. The molecule has 0 heterocycles. The van der Waals surface area contributed by atoms with E-state index in [1.54, 1.807) is 25.1 Å². The molecule has 6 heteroatoms. The molecule has 0 spiro atoms. The maximum Gasteiger partial charge on any atom is 0.248 e. The first-order chi connectivity index (χ1) is 8.97. The van der Waals surface area contributed by atoms with Crippen molar-refractivity contribution in [3.8, 4) is 0 Å². The zero-order valence-electron chi connectivity index (χ0n) is 11.1. The SMILES string of the molecule is COC(CN)CC(=O)Nc1ccc(C(N)=O)cc1C. The average molecular weight is 265 g/mol. The van der Waals surface area contributed by atoms with Crippen LogP contribution in [0, 0.1) is 6.92 Å². The number of nitrogens with one attached hydrogen (secondary N) is 1. The van der Waals surface area contributed by atoms with Gasteiger partial charge in [-0.25, -0.2) is 0 Å². The molecule has 0 aliphatic carbocycles. The van der Waals surface area contributed by atoms with Crippen LogP contribution in [-0.4, -0.2) is 31.6 Å². The molecule has 6 nitrogen and oxygen atoms in total. The highest BCUT2D eigenvalue weighted by Crippen LogP contribution is 2.16. The van der Waals surface area contributed by atoms with Crippen molar-refractivity contribution in [3.63, 3.8) is 0 Å². The highest BCUT2D eigenvalue weighted by molar-refractivity contribution is 5.95. The van der Waals surface area contributed by atoms with E-state index in [0.29, 0.717) is 11.3 Å². The van der Waals surface area contributed by atoms with E-state index in [-0.39, 0.29) is 25.0 Å². The van der Waals surface area contributed by atoms with E-state index < -0.39 is 5.91 Å². The Morgan fingerprint density at radius 2 is 2.11 bits per heavy atom. The number of benzene rings is 1. The molecule has 19 heavy (non-hydrogen) atoms. The summed E-state index contributed by atoms with van der Waals surface area (Å²) in [6, 6.07) is 4.86. The van der Waals surface area contributed by atoms with Gasteiger partial charge in [0.25, 0.3) is 0 Å². The lowest BCUT2D eigenvalue weighted by atomic mass is 10.1. The molecular formula is C13H19N3O3.